The van der Waals surface area contributed by atoms with Crippen LogP contribution in [-0.4, -0.2) is 58.0 Å². The zero-order valence-electron chi connectivity index (χ0n) is 26.6. The molecule has 2 amide bonds. The van der Waals surface area contributed by atoms with Gasteiger partial charge in [-0.2, -0.15) is 0 Å². The molecule has 2 atom stereocenters. The van der Waals surface area contributed by atoms with E-state index in [9.17, 15) is 18.0 Å². The average molecular weight is 644 g/mol. The molecule has 0 unspecified atom stereocenters. The lowest BCUT2D eigenvalue weighted by Gasteiger charge is -2.34. The minimum atomic E-state index is -4.19. The Morgan fingerprint density at radius 3 is 2.00 bits per heavy atom. The molecule has 0 bridgehead atoms. The van der Waals surface area contributed by atoms with Crippen molar-refractivity contribution in [3.63, 3.8) is 0 Å². The Balaban J connectivity index is 1.81. The Bertz CT molecular complexity index is 1680. The zero-order valence-corrected chi connectivity index (χ0v) is 27.4. The molecule has 0 aliphatic heterocycles. The number of carbonyl (C=O) groups excluding carboxylic acids is 2. The van der Waals surface area contributed by atoms with Crippen LogP contribution in [0.5, 0.6) is 11.5 Å². The van der Waals surface area contributed by atoms with Crippen molar-refractivity contribution in [2.75, 3.05) is 25.1 Å². The normalized spacial score (nSPS) is 12.4. The van der Waals surface area contributed by atoms with E-state index in [-0.39, 0.29) is 35.5 Å². The summed E-state index contributed by atoms with van der Waals surface area (Å²) in [5.74, 6) is 0.270. The van der Waals surface area contributed by atoms with E-state index in [1.807, 2.05) is 56.3 Å². The van der Waals surface area contributed by atoms with E-state index in [1.54, 1.807) is 61.7 Å². The fraction of sp³-hybridized carbons (Fsp3) is 0.278. The summed E-state index contributed by atoms with van der Waals surface area (Å²) in [4.78, 5) is 30.0. The summed E-state index contributed by atoms with van der Waals surface area (Å²) in [5.41, 5.74) is 1.87. The van der Waals surface area contributed by atoms with Crippen LogP contribution in [0.1, 0.15) is 31.4 Å². The largest absolute Gasteiger partial charge is 0.497 e. The fourth-order valence-corrected chi connectivity index (χ4v) is 6.39. The standard InChI is InChI=1S/C36H41N3O6S/c1-5-27(2)37-36(41)34(24-28-13-8-6-9-14-28)38(25-29-15-12-16-32(23-29)45-4)35(40)26-39(30-19-21-31(44-3)22-20-30)46(42,43)33-17-10-7-11-18-33/h6-23,27,34H,5,24-26H2,1-4H3,(H,37,41)/t27-,34+/m1/s1. The maximum Gasteiger partial charge on any atom is 0.264 e. The Hall–Kier alpha value is -4.83. The molecule has 46 heavy (non-hydrogen) atoms. The zero-order chi connectivity index (χ0) is 33.1. The van der Waals surface area contributed by atoms with Gasteiger partial charge in [0.1, 0.15) is 24.1 Å². The number of nitrogens with one attached hydrogen (secondary N) is 1. The first-order valence-corrected chi connectivity index (χ1v) is 16.6. The van der Waals surface area contributed by atoms with Gasteiger partial charge in [-0.15, -0.1) is 0 Å². The molecule has 0 spiro atoms. The number of amides is 2. The van der Waals surface area contributed by atoms with Gasteiger partial charge in [0, 0.05) is 19.0 Å². The van der Waals surface area contributed by atoms with Crippen molar-refractivity contribution in [2.24, 2.45) is 0 Å². The molecule has 4 aromatic rings. The number of carbonyl (C=O) groups is 2. The summed E-state index contributed by atoms with van der Waals surface area (Å²) in [6, 6.07) is 30.1. The van der Waals surface area contributed by atoms with Crippen molar-refractivity contribution in [2.45, 2.75) is 50.2 Å². The molecule has 0 saturated carbocycles. The number of benzene rings is 4. The Morgan fingerprint density at radius 2 is 1.39 bits per heavy atom. The van der Waals surface area contributed by atoms with Gasteiger partial charge in [-0.25, -0.2) is 8.42 Å². The van der Waals surface area contributed by atoms with Gasteiger partial charge in [0.15, 0.2) is 0 Å². The molecule has 0 aromatic heterocycles. The molecule has 4 aromatic carbocycles. The van der Waals surface area contributed by atoms with E-state index in [4.69, 9.17) is 9.47 Å². The van der Waals surface area contributed by atoms with Crippen molar-refractivity contribution in [1.82, 2.24) is 10.2 Å². The number of anilines is 1. The highest BCUT2D eigenvalue weighted by Crippen LogP contribution is 2.27. The van der Waals surface area contributed by atoms with Crippen LogP contribution in [0.4, 0.5) is 5.69 Å². The van der Waals surface area contributed by atoms with E-state index in [0.29, 0.717) is 17.9 Å². The lowest BCUT2D eigenvalue weighted by molar-refractivity contribution is -0.140. The van der Waals surface area contributed by atoms with Crippen LogP contribution in [0.25, 0.3) is 0 Å². The predicted octanol–water partition coefficient (Wildman–Crippen LogP) is 5.45. The van der Waals surface area contributed by atoms with Crippen molar-refractivity contribution >= 4 is 27.5 Å². The molecule has 0 fully saturated rings. The SMILES string of the molecule is CC[C@@H](C)NC(=O)[C@H](Cc1ccccc1)N(Cc1cccc(OC)c1)C(=O)CN(c1ccc(OC)cc1)S(=O)(=O)c1ccccc1. The number of hydrogen-bond donors (Lipinski definition) is 1. The summed E-state index contributed by atoms with van der Waals surface area (Å²) >= 11 is 0. The lowest BCUT2D eigenvalue weighted by Crippen LogP contribution is -2.54. The molecule has 0 saturated heterocycles. The Kier molecular flexibility index (Phi) is 11.8. The second-order valence-electron chi connectivity index (χ2n) is 10.9. The van der Waals surface area contributed by atoms with Gasteiger partial charge in [-0.05, 0) is 73.0 Å². The number of rotatable bonds is 15. The van der Waals surface area contributed by atoms with Crippen LogP contribution in [0, 0.1) is 0 Å². The van der Waals surface area contributed by atoms with Crippen molar-refractivity contribution in [1.29, 1.82) is 0 Å². The van der Waals surface area contributed by atoms with Gasteiger partial charge in [-0.3, -0.25) is 13.9 Å². The minimum absolute atomic E-state index is 0.0355. The second-order valence-corrected chi connectivity index (χ2v) is 12.8. The van der Waals surface area contributed by atoms with E-state index < -0.39 is 28.5 Å². The summed E-state index contributed by atoms with van der Waals surface area (Å²) in [7, 11) is -1.11. The topological polar surface area (TPSA) is 105 Å². The number of hydrogen-bond acceptors (Lipinski definition) is 6. The highest BCUT2D eigenvalue weighted by atomic mass is 32.2. The monoisotopic (exact) mass is 643 g/mol. The smallest absolute Gasteiger partial charge is 0.264 e. The van der Waals surface area contributed by atoms with Gasteiger partial charge in [0.05, 0.1) is 24.8 Å². The van der Waals surface area contributed by atoms with Gasteiger partial charge in [0.25, 0.3) is 10.0 Å². The Labute approximate surface area is 271 Å². The molecule has 4 rings (SSSR count). The van der Waals surface area contributed by atoms with Gasteiger partial charge in [-0.1, -0.05) is 67.6 Å². The molecule has 9 nitrogen and oxygen atoms in total. The molecule has 0 heterocycles. The van der Waals surface area contributed by atoms with E-state index in [0.717, 1.165) is 15.4 Å². The minimum Gasteiger partial charge on any atom is -0.497 e. The van der Waals surface area contributed by atoms with E-state index >= 15 is 0 Å². The van der Waals surface area contributed by atoms with Crippen LogP contribution < -0.4 is 19.1 Å². The van der Waals surface area contributed by atoms with Crippen LogP contribution in [0.15, 0.2) is 114 Å². The van der Waals surface area contributed by atoms with Crippen molar-refractivity contribution in [3.05, 3.63) is 120 Å². The van der Waals surface area contributed by atoms with Crippen LogP contribution in [0.3, 0.4) is 0 Å². The third-order valence-electron chi connectivity index (χ3n) is 7.73. The number of ether oxygens (including phenoxy) is 2. The molecular formula is C36H41N3O6S. The molecule has 0 aliphatic rings. The Morgan fingerprint density at radius 1 is 0.783 bits per heavy atom. The van der Waals surface area contributed by atoms with E-state index in [1.165, 1.54) is 24.1 Å². The van der Waals surface area contributed by atoms with Gasteiger partial charge >= 0.3 is 0 Å². The molecule has 1 N–H and O–H groups in total. The molecule has 0 radical (unpaired) electrons. The molecule has 10 heteroatoms. The maximum atomic E-state index is 14.6. The quantitative estimate of drug-likeness (QED) is 0.185. The first-order chi connectivity index (χ1) is 22.2. The van der Waals surface area contributed by atoms with E-state index in [2.05, 4.69) is 5.32 Å². The summed E-state index contributed by atoms with van der Waals surface area (Å²) < 4.78 is 40.0. The number of sulfonamides is 1. The van der Waals surface area contributed by atoms with Crippen molar-refractivity contribution < 1.29 is 27.5 Å². The van der Waals surface area contributed by atoms with Crippen LogP contribution in [-0.2, 0) is 32.6 Å². The van der Waals surface area contributed by atoms with Crippen LogP contribution in [0.2, 0.25) is 0 Å². The third kappa shape index (κ3) is 8.66. The summed E-state index contributed by atoms with van der Waals surface area (Å²) in [6.07, 6.45) is 0.932. The first-order valence-electron chi connectivity index (χ1n) is 15.1. The first kappa shape index (κ1) is 34.1. The molecular weight excluding hydrogens is 602 g/mol. The second kappa shape index (κ2) is 15.9. The average Bonchev–Trinajstić information content (AvgIpc) is 3.09. The number of methoxy groups -OCH3 is 2. The highest BCUT2D eigenvalue weighted by molar-refractivity contribution is 7.92. The lowest BCUT2D eigenvalue weighted by atomic mass is 10.0. The highest BCUT2D eigenvalue weighted by Gasteiger charge is 2.35. The van der Waals surface area contributed by atoms with Crippen molar-refractivity contribution in [3.8, 4) is 11.5 Å². The summed E-state index contributed by atoms with van der Waals surface area (Å²) in [6.45, 7) is 3.37. The molecule has 242 valence electrons. The molecule has 0 aliphatic carbocycles. The maximum absolute atomic E-state index is 14.6. The predicted molar refractivity (Wildman–Crippen MR) is 179 cm³/mol. The third-order valence-corrected chi connectivity index (χ3v) is 9.52. The van der Waals surface area contributed by atoms with Gasteiger partial charge in [0.2, 0.25) is 11.8 Å². The van der Waals surface area contributed by atoms with Gasteiger partial charge < -0.3 is 19.7 Å². The summed E-state index contributed by atoms with van der Waals surface area (Å²) in [5, 5.41) is 3.04. The van der Waals surface area contributed by atoms with Crippen LogP contribution >= 0.6 is 0 Å². The fourth-order valence-electron chi connectivity index (χ4n) is 4.96. The number of nitrogens with zero attached hydrogens (tertiary/aromatic N) is 2.